The van der Waals surface area contributed by atoms with E-state index in [4.69, 9.17) is 0 Å². The maximum Gasteiger partial charge on any atom is 0.247 e. The number of aromatic nitrogens is 2. The number of carbonyl (C=O) groups is 1. The topological polar surface area (TPSA) is 41.4 Å². The molecule has 1 fully saturated rings. The lowest BCUT2D eigenvalue weighted by Gasteiger charge is -2.39. The van der Waals surface area contributed by atoms with E-state index in [1.54, 1.807) is 17.0 Å². The molecule has 0 N–H and O–H groups in total. The van der Waals surface area contributed by atoms with Gasteiger partial charge < -0.3 is 9.80 Å². The van der Waals surface area contributed by atoms with E-state index >= 15 is 0 Å². The van der Waals surface area contributed by atoms with Crippen molar-refractivity contribution < 1.29 is 4.79 Å². The number of hydrogen-bond donors (Lipinski definition) is 0. The minimum absolute atomic E-state index is 0.0517. The summed E-state index contributed by atoms with van der Waals surface area (Å²) in [7, 11) is 3.97. The van der Waals surface area contributed by atoms with Gasteiger partial charge in [-0.25, -0.2) is 0 Å². The van der Waals surface area contributed by atoms with Gasteiger partial charge in [-0.3, -0.25) is 9.48 Å². The molecule has 1 aromatic heterocycles. The van der Waals surface area contributed by atoms with E-state index in [1.807, 2.05) is 42.4 Å². The van der Waals surface area contributed by atoms with Crippen LogP contribution in [0.4, 0.5) is 0 Å². The molecule has 1 aromatic carbocycles. The van der Waals surface area contributed by atoms with Gasteiger partial charge in [-0.1, -0.05) is 30.3 Å². The molecule has 1 aliphatic heterocycles. The van der Waals surface area contributed by atoms with Gasteiger partial charge in [-0.2, -0.15) is 5.10 Å². The molecule has 1 amide bonds. The molecule has 1 atom stereocenters. The molecule has 120 valence electrons. The summed E-state index contributed by atoms with van der Waals surface area (Å²) in [4.78, 5) is 16.9. The Kier molecular flexibility index (Phi) is 4.57. The quantitative estimate of drug-likeness (QED) is 0.814. The van der Waals surface area contributed by atoms with Crippen molar-refractivity contribution in [2.75, 3.05) is 26.7 Å². The number of piperazine rings is 1. The smallest absolute Gasteiger partial charge is 0.247 e. The van der Waals surface area contributed by atoms with E-state index in [1.165, 1.54) is 5.56 Å². The predicted molar refractivity (Wildman–Crippen MR) is 90.6 cm³/mol. The third-order valence-electron chi connectivity index (χ3n) is 4.19. The number of nitrogens with zero attached hydrogens (tertiary/aromatic N) is 4. The predicted octanol–water partition coefficient (Wildman–Crippen LogP) is 1.95. The molecule has 3 rings (SSSR count). The minimum atomic E-state index is 0.0517. The van der Waals surface area contributed by atoms with Gasteiger partial charge in [-0.15, -0.1) is 0 Å². The zero-order chi connectivity index (χ0) is 16.2. The molecular formula is C18H22N4O. The first-order valence-electron chi connectivity index (χ1n) is 7.84. The highest BCUT2D eigenvalue weighted by Gasteiger charge is 2.28. The summed E-state index contributed by atoms with van der Waals surface area (Å²) < 4.78 is 1.73. The van der Waals surface area contributed by atoms with Gasteiger partial charge in [0.1, 0.15) is 0 Å². The van der Waals surface area contributed by atoms with E-state index in [9.17, 15) is 4.79 Å². The lowest BCUT2D eigenvalue weighted by molar-refractivity contribution is -0.130. The number of rotatable bonds is 3. The van der Waals surface area contributed by atoms with Crippen LogP contribution in [0.3, 0.4) is 0 Å². The Morgan fingerprint density at radius 2 is 2.00 bits per heavy atom. The summed E-state index contributed by atoms with van der Waals surface area (Å²) >= 11 is 0. The highest BCUT2D eigenvalue weighted by Crippen LogP contribution is 2.25. The minimum Gasteiger partial charge on any atom is -0.330 e. The van der Waals surface area contributed by atoms with Gasteiger partial charge in [0.05, 0.1) is 12.2 Å². The summed E-state index contributed by atoms with van der Waals surface area (Å²) in [5.41, 5.74) is 2.12. The second-order valence-electron chi connectivity index (χ2n) is 6.00. The zero-order valence-electron chi connectivity index (χ0n) is 13.6. The Balaban J connectivity index is 1.78. The number of aryl methyl sites for hydroxylation is 1. The molecule has 5 nitrogen and oxygen atoms in total. The first-order chi connectivity index (χ1) is 11.1. The van der Waals surface area contributed by atoms with Crippen molar-refractivity contribution >= 4 is 12.0 Å². The maximum atomic E-state index is 12.7. The summed E-state index contributed by atoms with van der Waals surface area (Å²) in [5, 5.41) is 4.11. The average molecular weight is 310 g/mol. The van der Waals surface area contributed by atoms with Crippen LogP contribution in [-0.4, -0.2) is 52.2 Å². The molecule has 0 spiro atoms. The number of hydrogen-bond acceptors (Lipinski definition) is 3. The average Bonchev–Trinajstić information content (AvgIpc) is 2.99. The van der Waals surface area contributed by atoms with Gasteiger partial charge in [0.15, 0.2) is 0 Å². The Morgan fingerprint density at radius 1 is 1.22 bits per heavy atom. The molecule has 1 aliphatic rings. The van der Waals surface area contributed by atoms with E-state index in [2.05, 4.69) is 29.2 Å². The summed E-state index contributed by atoms with van der Waals surface area (Å²) in [6.45, 7) is 2.50. The monoisotopic (exact) mass is 310 g/mol. The normalized spacial score (nSPS) is 19.4. The number of benzene rings is 1. The molecule has 0 saturated carbocycles. The van der Waals surface area contributed by atoms with Gasteiger partial charge in [-0.05, 0) is 18.7 Å². The van der Waals surface area contributed by atoms with Gasteiger partial charge in [0.25, 0.3) is 0 Å². The molecule has 5 heteroatoms. The van der Waals surface area contributed by atoms with Gasteiger partial charge in [0, 0.05) is 44.5 Å². The van der Waals surface area contributed by atoms with Crippen molar-refractivity contribution in [2.45, 2.75) is 6.04 Å². The van der Waals surface area contributed by atoms with Crippen molar-refractivity contribution in [3.63, 3.8) is 0 Å². The van der Waals surface area contributed by atoms with Crippen molar-refractivity contribution in [3.8, 4) is 0 Å². The molecule has 0 radical (unpaired) electrons. The van der Waals surface area contributed by atoms with Crippen LogP contribution in [0.1, 0.15) is 17.2 Å². The van der Waals surface area contributed by atoms with Crippen molar-refractivity contribution in [3.05, 3.63) is 59.9 Å². The molecule has 23 heavy (non-hydrogen) atoms. The van der Waals surface area contributed by atoms with Crippen molar-refractivity contribution in [2.24, 2.45) is 7.05 Å². The van der Waals surface area contributed by atoms with E-state index in [-0.39, 0.29) is 11.9 Å². The Bertz CT molecular complexity index is 692. The molecule has 2 aromatic rings. The highest BCUT2D eigenvalue weighted by atomic mass is 16.2. The molecule has 2 heterocycles. The van der Waals surface area contributed by atoms with Crippen molar-refractivity contribution in [1.82, 2.24) is 19.6 Å². The summed E-state index contributed by atoms with van der Waals surface area (Å²) in [5.74, 6) is 0.0517. The number of amides is 1. The number of carbonyl (C=O) groups excluding carboxylic acids is 1. The highest BCUT2D eigenvalue weighted by molar-refractivity contribution is 5.92. The van der Waals surface area contributed by atoms with E-state index in [0.29, 0.717) is 0 Å². The molecule has 0 bridgehead atoms. The molecule has 0 aliphatic carbocycles. The van der Waals surface area contributed by atoms with Crippen LogP contribution >= 0.6 is 0 Å². The van der Waals surface area contributed by atoms with Crippen LogP contribution in [0.2, 0.25) is 0 Å². The van der Waals surface area contributed by atoms with Crippen LogP contribution in [0.25, 0.3) is 6.08 Å². The second-order valence-corrected chi connectivity index (χ2v) is 6.00. The fourth-order valence-corrected chi connectivity index (χ4v) is 2.93. The lowest BCUT2D eigenvalue weighted by Crippen LogP contribution is -2.48. The number of likely N-dealkylation sites (N-methyl/N-ethyl adjacent to an activating group) is 1. The van der Waals surface area contributed by atoms with Crippen molar-refractivity contribution in [1.29, 1.82) is 0 Å². The Labute approximate surface area is 136 Å². The van der Waals surface area contributed by atoms with Crippen LogP contribution < -0.4 is 0 Å². The fraction of sp³-hybridized carbons (Fsp3) is 0.333. The first kappa shape index (κ1) is 15.5. The third kappa shape index (κ3) is 3.68. The second kappa shape index (κ2) is 6.79. The third-order valence-corrected chi connectivity index (χ3v) is 4.19. The molecular weight excluding hydrogens is 288 g/mol. The SMILES string of the molecule is CN1CCN(C(=O)/C=C/c2cnn(C)c2)[C@@H](c2ccccc2)C1. The zero-order valence-corrected chi connectivity index (χ0v) is 13.6. The van der Waals surface area contributed by atoms with Crippen LogP contribution in [0, 0.1) is 0 Å². The van der Waals surface area contributed by atoms with Crippen LogP contribution in [0.15, 0.2) is 48.8 Å². The Morgan fingerprint density at radius 3 is 2.70 bits per heavy atom. The van der Waals surface area contributed by atoms with Crippen LogP contribution in [0.5, 0.6) is 0 Å². The largest absolute Gasteiger partial charge is 0.330 e. The van der Waals surface area contributed by atoms with E-state index in [0.717, 1.165) is 25.2 Å². The molecule has 1 saturated heterocycles. The van der Waals surface area contributed by atoms with Crippen LogP contribution in [-0.2, 0) is 11.8 Å². The Hall–Kier alpha value is -2.40. The lowest BCUT2D eigenvalue weighted by atomic mass is 10.0. The van der Waals surface area contributed by atoms with E-state index < -0.39 is 0 Å². The van der Waals surface area contributed by atoms with Gasteiger partial charge >= 0.3 is 0 Å². The van der Waals surface area contributed by atoms with Gasteiger partial charge in [0.2, 0.25) is 5.91 Å². The molecule has 0 unspecified atom stereocenters. The maximum absolute atomic E-state index is 12.7. The fourth-order valence-electron chi connectivity index (χ4n) is 2.93. The first-order valence-corrected chi connectivity index (χ1v) is 7.84. The standard InChI is InChI=1S/C18H22N4O/c1-20-10-11-22(17(14-20)16-6-4-3-5-7-16)18(23)9-8-15-12-19-21(2)13-15/h3-9,12-13,17H,10-11,14H2,1-2H3/b9-8+/t17-/m1/s1. The summed E-state index contributed by atoms with van der Waals surface area (Å²) in [6.07, 6.45) is 7.12. The summed E-state index contributed by atoms with van der Waals surface area (Å²) in [6, 6.07) is 10.3.